The predicted molar refractivity (Wildman–Crippen MR) is 46.9 cm³/mol. The monoisotopic (exact) mass is 206 g/mol. The van der Waals surface area contributed by atoms with Gasteiger partial charge in [0, 0.05) is 13.2 Å². The Bertz CT molecular complexity index is 238. The highest BCUT2D eigenvalue weighted by Gasteiger charge is 2.39. The minimum Gasteiger partial charge on any atom is -0.362 e. The summed E-state index contributed by atoms with van der Waals surface area (Å²) < 4.78 is 33.9. The zero-order chi connectivity index (χ0) is 9.31. The molecule has 0 aromatic heterocycles. The predicted octanol–water partition coefficient (Wildman–Crippen LogP) is 0.674. The molecule has 5 heteroatoms. The third kappa shape index (κ3) is 1.73. The topological polar surface area (TPSA) is 52.6 Å². The van der Waals surface area contributed by atoms with E-state index in [1.54, 1.807) is 0 Å². The minimum atomic E-state index is -3.18. The molecule has 2 unspecified atom stereocenters. The number of sulfone groups is 1. The summed E-state index contributed by atoms with van der Waals surface area (Å²) in [5.74, 6) is 0. The molecule has 0 saturated carbocycles. The van der Waals surface area contributed by atoms with E-state index in [1.165, 1.54) is 0 Å². The molecule has 0 spiro atoms. The fourth-order valence-electron chi connectivity index (χ4n) is 1.78. The van der Waals surface area contributed by atoms with Crippen molar-refractivity contribution in [1.29, 1.82) is 0 Å². The molecule has 2 heterocycles. The summed E-state index contributed by atoms with van der Waals surface area (Å²) in [6.45, 7) is 1.13. The molecule has 2 fully saturated rings. The lowest BCUT2D eigenvalue weighted by Crippen LogP contribution is -2.31. The van der Waals surface area contributed by atoms with Crippen LogP contribution in [-0.4, -0.2) is 32.5 Å². The van der Waals surface area contributed by atoms with Crippen LogP contribution in [0.15, 0.2) is 0 Å². The quantitative estimate of drug-likeness (QED) is 0.666. The van der Waals surface area contributed by atoms with Crippen molar-refractivity contribution in [3.05, 3.63) is 0 Å². The molecule has 0 bridgehead atoms. The zero-order valence-corrected chi connectivity index (χ0v) is 8.26. The van der Waals surface area contributed by atoms with Gasteiger partial charge in [0.2, 0.25) is 9.84 Å². The van der Waals surface area contributed by atoms with Crippen LogP contribution in [0, 0.1) is 0 Å². The molecule has 4 nitrogen and oxygen atoms in total. The average molecular weight is 206 g/mol. The smallest absolute Gasteiger partial charge is 0.203 e. The maximum absolute atomic E-state index is 11.8. The van der Waals surface area contributed by atoms with Crippen molar-refractivity contribution in [1.82, 2.24) is 0 Å². The van der Waals surface area contributed by atoms with Gasteiger partial charge in [-0.05, 0) is 25.7 Å². The summed E-state index contributed by atoms with van der Waals surface area (Å²) in [6, 6.07) is 0. The molecule has 0 amide bonds. The summed E-state index contributed by atoms with van der Waals surface area (Å²) in [5, 5.41) is 0. The van der Waals surface area contributed by atoms with Gasteiger partial charge in [-0.25, -0.2) is 8.42 Å². The minimum absolute atomic E-state index is 0.566. The van der Waals surface area contributed by atoms with Crippen LogP contribution >= 0.6 is 0 Å². The fraction of sp³-hybridized carbons (Fsp3) is 1.00. The normalized spacial score (nSPS) is 35.4. The third-order valence-corrected chi connectivity index (χ3v) is 4.72. The van der Waals surface area contributed by atoms with Gasteiger partial charge in [0.25, 0.3) is 0 Å². The summed E-state index contributed by atoms with van der Waals surface area (Å²) in [7, 11) is -3.18. The van der Waals surface area contributed by atoms with Gasteiger partial charge in [-0.2, -0.15) is 0 Å². The van der Waals surface area contributed by atoms with E-state index in [2.05, 4.69) is 0 Å². The van der Waals surface area contributed by atoms with Gasteiger partial charge < -0.3 is 9.47 Å². The maximum atomic E-state index is 11.8. The summed E-state index contributed by atoms with van der Waals surface area (Å²) in [6.07, 6.45) is 2.94. The largest absolute Gasteiger partial charge is 0.362 e. The van der Waals surface area contributed by atoms with Gasteiger partial charge in [-0.15, -0.1) is 0 Å². The van der Waals surface area contributed by atoms with Crippen molar-refractivity contribution in [3.8, 4) is 0 Å². The molecular formula is C8H14O4S. The molecule has 2 saturated heterocycles. The molecule has 76 valence electrons. The lowest BCUT2D eigenvalue weighted by Gasteiger charge is -2.15. The van der Waals surface area contributed by atoms with Gasteiger partial charge in [-0.3, -0.25) is 0 Å². The van der Waals surface area contributed by atoms with Crippen molar-refractivity contribution in [2.24, 2.45) is 0 Å². The molecule has 2 atom stereocenters. The van der Waals surface area contributed by atoms with Crippen molar-refractivity contribution in [2.45, 2.75) is 36.6 Å². The van der Waals surface area contributed by atoms with E-state index in [9.17, 15) is 8.42 Å². The van der Waals surface area contributed by atoms with Crippen molar-refractivity contribution >= 4 is 9.84 Å². The Morgan fingerprint density at radius 1 is 0.923 bits per heavy atom. The maximum Gasteiger partial charge on any atom is 0.203 e. The third-order valence-electron chi connectivity index (χ3n) is 2.51. The first-order valence-electron chi connectivity index (χ1n) is 4.67. The summed E-state index contributed by atoms with van der Waals surface area (Å²) in [5.41, 5.74) is -1.20. The number of hydrogen-bond acceptors (Lipinski definition) is 4. The van der Waals surface area contributed by atoms with Crippen molar-refractivity contribution in [2.75, 3.05) is 13.2 Å². The van der Waals surface area contributed by atoms with Crippen LogP contribution in [0.3, 0.4) is 0 Å². The lowest BCUT2D eigenvalue weighted by atomic mass is 10.4. The van der Waals surface area contributed by atoms with Crippen LogP contribution in [-0.2, 0) is 19.3 Å². The molecule has 0 aliphatic carbocycles. The second-order valence-electron chi connectivity index (χ2n) is 3.47. The van der Waals surface area contributed by atoms with Crippen LogP contribution in [0.25, 0.3) is 0 Å². The number of hydrogen-bond donors (Lipinski definition) is 0. The number of ether oxygens (including phenoxy) is 2. The highest BCUT2D eigenvalue weighted by molar-refractivity contribution is 7.92. The van der Waals surface area contributed by atoms with Crippen LogP contribution < -0.4 is 0 Å². The summed E-state index contributed by atoms with van der Waals surface area (Å²) in [4.78, 5) is 0. The SMILES string of the molecule is O=S(=O)(C1CCCO1)C1CCCO1. The first-order valence-corrected chi connectivity index (χ1v) is 6.28. The van der Waals surface area contributed by atoms with Crippen LogP contribution in [0.2, 0.25) is 0 Å². The van der Waals surface area contributed by atoms with E-state index in [1.807, 2.05) is 0 Å². The standard InChI is InChI=1S/C8H14O4S/c9-13(10,7-3-1-5-11-7)8-4-2-6-12-8/h7-8H,1-6H2. The van der Waals surface area contributed by atoms with Crippen LogP contribution in [0.4, 0.5) is 0 Å². The molecule has 2 aliphatic rings. The second kappa shape index (κ2) is 3.55. The fourth-order valence-corrected chi connectivity index (χ4v) is 3.68. The molecule has 0 N–H and O–H groups in total. The van der Waals surface area contributed by atoms with E-state index in [-0.39, 0.29) is 0 Å². The Morgan fingerprint density at radius 3 is 1.69 bits per heavy atom. The zero-order valence-electron chi connectivity index (χ0n) is 7.44. The highest BCUT2D eigenvalue weighted by Crippen LogP contribution is 2.27. The molecule has 13 heavy (non-hydrogen) atoms. The van der Waals surface area contributed by atoms with Crippen LogP contribution in [0.1, 0.15) is 25.7 Å². The van der Waals surface area contributed by atoms with Gasteiger partial charge in [-0.1, -0.05) is 0 Å². The molecule has 0 radical (unpaired) electrons. The van der Waals surface area contributed by atoms with E-state index in [4.69, 9.17) is 9.47 Å². The lowest BCUT2D eigenvalue weighted by molar-refractivity contribution is 0.138. The molecule has 0 aromatic carbocycles. The first-order chi connectivity index (χ1) is 6.21. The van der Waals surface area contributed by atoms with Gasteiger partial charge in [0.1, 0.15) is 0 Å². The Morgan fingerprint density at radius 2 is 1.38 bits per heavy atom. The Kier molecular flexibility index (Phi) is 2.58. The Labute approximate surface area is 78.1 Å². The highest BCUT2D eigenvalue weighted by atomic mass is 32.2. The van der Waals surface area contributed by atoms with E-state index in [0.717, 1.165) is 12.8 Å². The molecule has 2 aliphatic heterocycles. The Hall–Kier alpha value is -0.130. The number of rotatable bonds is 2. The van der Waals surface area contributed by atoms with Gasteiger partial charge >= 0.3 is 0 Å². The first kappa shape index (κ1) is 9.43. The van der Waals surface area contributed by atoms with Crippen molar-refractivity contribution < 1.29 is 17.9 Å². The van der Waals surface area contributed by atoms with E-state index >= 15 is 0 Å². The molecule has 0 aromatic rings. The second-order valence-corrected chi connectivity index (χ2v) is 5.70. The summed E-state index contributed by atoms with van der Waals surface area (Å²) >= 11 is 0. The Balaban J connectivity index is 2.09. The van der Waals surface area contributed by atoms with E-state index < -0.39 is 20.7 Å². The van der Waals surface area contributed by atoms with Crippen LogP contribution in [0.5, 0.6) is 0 Å². The molecule has 2 rings (SSSR count). The van der Waals surface area contributed by atoms with Gasteiger partial charge in [0.05, 0.1) is 0 Å². The van der Waals surface area contributed by atoms with Gasteiger partial charge in [0.15, 0.2) is 10.9 Å². The van der Waals surface area contributed by atoms with E-state index in [0.29, 0.717) is 26.1 Å². The molecular weight excluding hydrogens is 192 g/mol. The average Bonchev–Trinajstić information content (AvgIpc) is 2.78. The van der Waals surface area contributed by atoms with Crippen molar-refractivity contribution in [3.63, 3.8) is 0 Å².